The summed E-state index contributed by atoms with van der Waals surface area (Å²) in [6.45, 7) is 2.93. The van der Waals surface area contributed by atoms with Crippen molar-refractivity contribution in [3.05, 3.63) is 41.2 Å². The molecule has 0 saturated carbocycles. The number of amides is 2. The van der Waals surface area contributed by atoms with E-state index in [0.29, 0.717) is 37.6 Å². The van der Waals surface area contributed by atoms with E-state index in [2.05, 4.69) is 10.4 Å². The van der Waals surface area contributed by atoms with Crippen LogP contribution in [0, 0.1) is 0 Å². The molecule has 2 N–H and O–H groups in total. The molecule has 0 spiro atoms. The summed E-state index contributed by atoms with van der Waals surface area (Å²) < 4.78 is 13.1. The van der Waals surface area contributed by atoms with Crippen LogP contribution >= 0.6 is 0 Å². The van der Waals surface area contributed by atoms with Gasteiger partial charge >= 0.3 is 6.09 Å². The molecule has 0 aliphatic carbocycles. The van der Waals surface area contributed by atoms with Crippen LogP contribution < -0.4 is 15.0 Å². The minimum absolute atomic E-state index is 0.0253. The van der Waals surface area contributed by atoms with Crippen LogP contribution in [0.5, 0.6) is 5.75 Å². The molecule has 2 amide bonds. The van der Waals surface area contributed by atoms with Crippen molar-refractivity contribution in [1.82, 2.24) is 15.1 Å². The summed E-state index contributed by atoms with van der Waals surface area (Å²) in [6.07, 6.45) is 1.58. The topological polar surface area (TPSA) is 106 Å². The molecule has 3 heterocycles. The fraction of sp³-hybridized carbons (Fsp3) is 0.421. The lowest BCUT2D eigenvalue weighted by molar-refractivity contribution is -0.119. The molecule has 0 radical (unpaired) electrons. The fourth-order valence-electron chi connectivity index (χ4n) is 3.49. The van der Waals surface area contributed by atoms with Crippen LogP contribution in [0.3, 0.4) is 0 Å². The zero-order valence-corrected chi connectivity index (χ0v) is 15.6. The number of anilines is 1. The van der Waals surface area contributed by atoms with Crippen LogP contribution in [0.25, 0.3) is 0 Å². The van der Waals surface area contributed by atoms with Crippen molar-refractivity contribution in [3.8, 4) is 5.75 Å². The number of fused-ring (bicyclic) bond motifs is 2. The SMILES string of the molecule is CC(=O)NC[C@H]1CN(c2ccc3c(c2)OCc2cnn(CCO)c2C3)C(=O)O1. The van der Waals surface area contributed by atoms with Crippen molar-refractivity contribution in [2.45, 2.75) is 32.6 Å². The number of ether oxygens (including phenoxy) is 2. The molecule has 2 aliphatic heterocycles. The van der Waals surface area contributed by atoms with Crippen LogP contribution in [0.2, 0.25) is 0 Å². The molecular formula is C19H22N4O5. The number of carbonyl (C=O) groups excluding carboxylic acids is 2. The molecule has 148 valence electrons. The number of hydrogen-bond donors (Lipinski definition) is 2. The van der Waals surface area contributed by atoms with E-state index in [0.717, 1.165) is 16.8 Å². The Morgan fingerprint density at radius 1 is 1.39 bits per heavy atom. The average Bonchev–Trinajstić information content (AvgIpc) is 3.17. The number of aliphatic hydroxyl groups excluding tert-OH is 1. The highest BCUT2D eigenvalue weighted by molar-refractivity contribution is 5.90. The second-order valence-corrected chi connectivity index (χ2v) is 6.87. The van der Waals surface area contributed by atoms with E-state index in [-0.39, 0.29) is 25.2 Å². The van der Waals surface area contributed by atoms with Gasteiger partial charge in [-0.15, -0.1) is 0 Å². The Bertz CT molecular complexity index is 910. The number of hydrogen-bond acceptors (Lipinski definition) is 6. The minimum Gasteiger partial charge on any atom is -0.488 e. The van der Waals surface area contributed by atoms with Gasteiger partial charge < -0.3 is 19.9 Å². The van der Waals surface area contributed by atoms with Crippen molar-refractivity contribution >= 4 is 17.7 Å². The Balaban J connectivity index is 1.52. The number of benzene rings is 1. The molecule has 1 fully saturated rings. The largest absolute Gasteiger partial charge is 0.488 e. The van der Waals surface area contributed by atoms with Gasteiger partial charge in [0.2, 0.25) is 5.91 Å². The van der Waals surface area contributed by atoms with E-state index in [9.17, 15) is 14.7 Å². The smallest absolute Gasteiger partial charge is 0.414 e. The van der Waals surface area contributed by atoms with Gasteiger partial charge in [0.15, 0.2) is 0 Å². The first-order valence-electron chi connectivity index (χ1n) is 9.18. The van der Waals surface area contributed by atoms with Gasteiger partial charge in [-0.1, -0.05) is 6.07 Å². The third kappa shape index (κ3) is 3.53. The number of aliphatic hydroxyl groups is 1. The van der Waals surface area contributed by atoms with E-state index in [1.165, 1.54) is 6.92 Å². The number of carbonyl (C=O) groups is 2. The number of cyclic esters (lactones) is 1. The number of nitrogens with one attached hydrogen (secondary N) is 1. The number of nitrogens with zero attached hydrogens (tertiary/aromatic N) is 3. The van der Waals surface area contributed by atoms with Crippen LogP contribution in [-0.2, 0) is 29.1 Å². The molecule has 0 bridgehead atoms. The zero-order valence-electron chi connectivity index (χ0n) is 15.6. The van der Waals surface area contributed by atoms with Gasteiger partial charge in [0.25, 0.3) is 0 Å². The molecule has 4 rings (SSSR count). The maximum atomic E-state index is 12.2. The third-order valence-electron chi connectivity index (χ3n) is 4.90. The second kappa shape index (κ2) is 7.51. The first kappa shape index (κ1) is 18.3. The van der Waals surface area contributed by atoms with Gasteiger partial charge in [-0.25, -0.2) is 4.79 Å². The Kier molecular flexibility index (Phi) is 4.91. The van der Waals surface area contributed by atoms with Gasteiger partial charge in [-0.3, -0.25) is 14.4 Å². The predicted molar refractivity (Wildman–Crippen MR) is 99.2 cm³/mol. The van der Waals surface area contributed by atoms with Gasteiger partial charge in [0.1, 0.15) is 18.5 Å². The Hall–Kier alpha value is -3.07. The molecular weight excluding hydrogens is 364 g/mol. The summed E-state index contributed by atoms with van der Waals surface area (Å²) in [5.41, 5.74) is 3.69. The minimum atomic E-state index is -0.439. The van der Waals surface area contributed by atoms with E-state index in [4.69, 9.17) is 9.47 Å². The zero-order chi connectivity index (χ0) is 19.7. The van der Waals surface area contributed by atoms with Gasteiger partial charge in [0, 0.05) is 36.2 Å². The van der Waals surface area contributed by atoms with Crippen LogP contribution in [0.15, 0.2) is 24.4 Å². The summed E-state index contributed by atoms with van der Waals surface area (Å²) in [5.74, 6) is 0.551. The third-order valence-corrected chi connectivity index (χ3v) is 4.90. The molecule has 0 unspecified atom stereocenters. The predicted octanol–water partition coefficient (Wildman–Crippen LogP) is 0.820. The highest BCUT2D eigenvalue weighted by atomic mass is 16.6. The average molecular weight is 386 g/mol. The Morgan fingerprint density at radius 2 is 2.25 bits per heavy atom. The lowest BCUT2D eigenvalue weighted by Gasteiger charge is -2.16. The second-order valence-electron chi connectivity index (χ2n) is 6.87. The molecule has 28 heavy (non-hydrogen) atoms. The lowest BCUT2D eigenvalue weighted by atomic mass is 10.1. The normalized spacial score (nSPS) is 18.0. The summed E-state index contributed by atoms with van der Waals surface area (Å²) in [4.78, 5) is 24.8. The Morgan fingerprint density at radius 3 is 3.04 bits per heavy atom. The molecule has 2 aromatic rings. The van der Waals surface area contributed by atoms with Crippen molar-refractivity contribution in [2.24, 2.45) is 0 Å². The maximum absolute atomic E-state index is 12.2. The number of aromatic nitrogens is 2. The Labute approximate surface area is 161 Å². The monoisotopic (exact) mass is 386 g/mol. The molecule has 1 aromatic carbocycles. The first-order chi connectivity index (χ1) is 13.5. The van der Waals surface area contributed by atoms with Crippen molar-refractivity contribution in [3.63, 3.8) is 0 Å². The van der Waals surface area contributed by atoms with Crippen molar-refractivity contribution < 1.29 is 24.2 Å². The first-order valence-corrected chi connectivity index (χ1v) is 9.18. The van der Waals surface area contributed by atoms with Crippen LogP contribution in [0.4, 0.5) is 10.5 Å². The molecule has 1 saturated heterocycles. The fourth-order valence-corrected chi connectivity index (χ4v) is 3.49. The number of rotatable bonds is 5. The van der Waals surface area contributed by atoms with Crippen molar-refractivity contribution in [2.75, 3.05) is 24.6 Å². The van der Waals surface area contributed by atoms with Gasteiger partial charge in [-0.2, -0.15) is 5.10 Å². The highest BCUT2D eigenvalue weighted by Crippen LogP contribution is 2.33. The molecule has 9 nitrogen and oxygen atoms in total. The van der Waals surface area contributed by atoms with E-state index in [1.807, 2.05) is 18.2 Å². The molecule has 1 aromatic heterocycles. The van der Waals surface area contributed by atoms with E-state index in [1.54, 1.807) is 15.8 Å². The van der Waals surface area contributed by atoms with Crippen molar-refractivity contribution in [1.29, 1.82) is 0 Å². The quantitative estimate of drug-likeness (QED) is 0.788. The molecule has 9 heteroatoms. The van der Waals surface area contributed by atoms with E-state index < -0.39 is 6.09 Å². The summed E-state index contributed by atoms with van der Waals surface area (Å²) in [5, 5.41) is 16.2. The highest BCUT2D eigenvalue weighted by Gasteiger charge is 2.33. The molecule has 2 aliphatic rings. The molecule has 1 atom stereocenters. The van der Waals surface area contributed by atoms with Crippen LogP contribution in [-0.4, -0.2) is 52.7 Å². The summed E-state index contributed by atoms with van der Waals surface area (Å²) >= 11 is 0. The van der Waals surface area contributed by atoms with Crippen LogP contribution in [0.1, 0.15) is 23.7 Å². The van der Waals surface area contributed by atoms with E-state index >= 15 is 0 Å². The van der Waals surface area contributed by atoms with Gasteiger partial charge in [-0.05, 0) is 6.07 Å². The summed E-state index contributed by atoms with van der Waals surface area (Å²) in [6, 6.07) is 5.64. The standard InChI is InChI=1S/C19H22N4O5/c1-12(25)20-9-16-10-22(19(26)28-16)15-3-2-13-6-17-14(11-27-18(13)7-15)8-21-23(17)4-5-24/h2-3,7-8,16,24H,4-6,9-11H2,1H3,(H,20,25)/t16-/m0/s1. The summed E-state index contributed by atoms with van der Waals surface area (Å²) in [7, 11) is 0. The lowest BCUT2D eigenvalue weighted by Crippen LogP contribution is -2.33. The maximum Gasteiger partial charge on any atom is 0.414 e. The van der Waals surface area contributed by atoms with Gasteiger partial charge in [0.05, 0.1) is 38.1 Å².